The van der Waals surface area contributed by atoms with Gasteiger partial charge in [-0.25, -0.2) is 0 Å². The van der Waals surface area contributed by atoms with Crippen molar-refractivity contribution in [3.05, 3.63) is 42.2 Å². The molecule has 1 aromatic carbocycles. The van der Waals surface area contributed by atoms with E-state index in [2.05, 4.69) is 5.32 Å². The molecule has 4 heteroatoms. The minimum Gasteiger partial charge on any atom is -0.457 e. The number of aliphatic hydroxyl groups excluding tert-OH is 1. The van der Waals surface area contributed by atoms with Gasteiger partial charge in [0.25, 0.3) is 0 Å². The molecule has 0 saturated carbocycles. The smallest absolute Gasteiger partial charge is 0.244 e. The number of rotatable bonds is 4. The Hall–Kier alpha value is -2.07. The molecule has 0 aliphatic heterocycles. The average Bonchev–Trinajstić information content (AvgIpc) is 2.79. The molecule has 0 radical (unpaired) electrons. The second-order valence-electron chi connectivity index (χ2n) is 4.11. The Bertz CT molecular complexity index is 538. The number of fused-ring (bicyclic) bond motifs is 1. The quantitative estimate of drug-likeness (QED) is 0.809. The van der Waals surface area contributed by atoms with E-state index in [1.54, 1.807) is 13.0 Å². The van der Waals surface area contributed by atoms with Crippen molar-refractivity contribution in [1.82, 2.24) is 5.32 Å². The number of carbonyl (C=O) groups is 1. The van der Waals surface area contributed by atoms with Crippen molar-refractivity contribution >= 4 is 23.0 Å². The molecule has 94 valence electrons. The maximum atomic E-state index is 11.5. The Morgan fingerprint density at radius 2 is 2.28 bits per heavy atom. The van der Waals surface area contributed by atoms with Gasteiger partial charge in [0.05, 0.1) is 6.61 Å². The predicted octanol–water partition coefficient (Wildman–Crippen LogP) is 1.94. The lowest BCUT2D eigenvalue weighted by Crippen LogP contribution is -2.33. The Morgan fingerprint density at radius 1 is 1.50 bits per heavy atom. The van der Waals surface area contributed by atoms with Crippen LogP contribution >= 0.6 is 0 Å². The lowest BCUT2D eigenvalue weighted by Gasteiger charge is -2.07. The molecular formula is C14H15NO3. The summed E-state index contributed by atoms with van der Waals surface area (Å²) in [5.74, 6) is 0.375. The molecule has 0 aliphatic rings. The summed E-state index contributed by atoms with van der Waals surface area (Å²) in [5.41, 5.74) is 0.793. The zero-order valence-corrected chi connectivity index (χ0v) is 10.1. The number of nitrogens with one attached hydrogen (secondary N) is 1. The largest absolute Gasteiger partial charge is 0.457 e. The van der Waals surface area contributed by atoms with Crippen LogP contribution in [0.25, 0.3) is 17.0 Å². The van der Waals surface area contributed by atoms with Crippen molar-refractivity contribution in [3.63, 3.8) is 0 Å². The maximum Gasteiger partial charge on any atom is 0.244 e. The van der Waals surface area contributed by atoms with E-state index < -0.39 is 0 Å². The van der Waals surface area contributed by atoms with Gasteiger partial charge in [-0.2, -0.15) is 0 Å². The van der Waals surface area contributed by atoms with Crippen LogP contribution in [0.15, 0.2) is 40.8 Å². The first-order valence-corrected chi connectivity index (χ1v) is 5.77. The molecular weight excluding hydrogens is 230 g/mol. The molecule has 0 fully saturated rings. The second-order valence-corrected chi connectivity index (χ2v) is 4.11. The van der Waals surface area contributed by atoms with Crippen LogP contribution in [0.3, 0.4) is 0 Å². The fourth-order valence-electron chi connectivity index (χ4n) is 1.58. The number of hydrogen-bond acceptors (Lipinski definition) is 3. The molecule has 0 spiro atoms. The number of hydrogen-bond donors (Lipinski definition) is 2. The van der Waals surface area contributed by atoms with Gasteiger partial charge in [-0.1, -0.05) is 18.2 Å². The molecule has 18 heavy (non-hydrogen) atoms. The molecule has 2 aromatic rings. The molecule has 2 rings (SSSR count). The molecule has 1 amide bonds. The first kappa shape index (κ1) is 12.4. The number of benzene rings is 1. The highest BCUT2D eigenvalue weighted by molar-refractivity contribution is 5.92. The first-order chi connectivity index (χ1) is 8.69. The third-order valence-electron chi connectivity index (χ3n) is 2.51. The highest BCUT2D eigenvalue weighted by Gasteiger charge is 2.03. The molecule has 1 aromatic heterocycles. The van der Waals surface area contributed by atoms with Crippen LogP contribution in [0.5, 0.6) is 0 Å². The minimum absolute atomic E-state index is 0.0791. The van der Waals surface area contributed by atoms with E-state index in [-0.39, 0.29) is 18.6 Å². The van der Waals surface area contributed by atoms with Crippen molar-refractivity contribution in [2.24, 2.45) is 0 Å². The highest BCUT2D eigenvalue weighted by atomic mass is 16.3. The first-order valence-electron chi connectivity index (χ1n) is 5.77. The van der Waals surface area contributed by atoms with Crippen molar-refractivity contribution in [2.45, 2.75) is 13.0 Å². The predicted molar refractivity (Wildman–Crippen MR) is 69.9 cm³/mol. The summed E-state index contributed by atoms with van der Waals surface area (Å²) >= 11 is 0. The second kappa shape index (κ2) is 5.51. The molecule has 1 atom stereocenters. The van der Waals surface area contributed by atoms with Crippen molar-refractivity contribution in [3.8, 4) is 0 Å². The van der Waals surface area contributed by atoms with E-state index >= 15 is 0 Å². The van der Waals surface area contributed by atoms with Crippen LogP contribution in [0, 0.1) is 0 Å². The molecule has 1 unspecified atom stereocenters. The summed E-state index contributed by atoms with van der Waals surface area (Å²) in [7, 11) is 0. The van der Waals surface area contributed by atoms with Gasteiger partial charge in [0.1, 0.15) is 11.3 Å². The van der Waals surface area contributed by atoms with E-state index in [9.17, 15) is 4.79 Å². The fraction of sp³-hybridized carbons (Fsp3) is 0.214. The monoisotopic (exact) mass is 245 g/mol. The van der Waals surface area contributed by atoms with Gasteiger partial charge < -0.3 is 14.8 Å². The van der Waals surface area contributed by atoms with Crippen LogP contribution in [0.2, 0.25) is 0 Å². The van der Waals surface area contributed by atoms with Crippen LogP contribution in [0.4, 0.5) is 0 Å². The van der Waals surface area contributed by atoms with Gasteiger partial charge in [-0.05, 0) is 25.1 Å². The lowest BCUT2D eigenvalue weighted by atomic mass is 10.2. The van der Waals surface area contributed by atoms with Crippen LogP contribution in [-0.4, -0.2) is 23.7 Å². The molecule has 2 N–H and O–H groups in total. The van der Waals surface area contributed by atoms with E-state index in [0.29, 0.717) is 5.76 Å². The number of furan rings is 1. The summed E-state index contributed by atoms with van der Waals surface area (Å²) in [4.78, 5) is 11.5. The van der Waals surface area contributed by atoms with E-state index in [0.717, 1.165) is 11.0 Å². The van der Waals surface area contributed by atoms with Gasteiger partial charge in [-0.15, -0.1) is 0 Å². The Kier molecular flexibility index (Phi) is 3.79. The number of carbonyl (C=O) groups excluding carboxylic acids is 1. The maximum absolute atomic E-state index is 11.5. The van der Waals surface area contributed by atoms with Crippen LogP contribution in [0.1, 0.15) is 12.7 Å². The molecule has 0 saturated heterocycles. The average molecular weight is 245 g/mol. The summed E-state index contributed by atoms with van der Waals surface area (Å²) in [6.07, 6.45) is 3.00. The minimum atomic E-state index is -0.253. The van der Waals surface area contributed by atoms with Gasteiger partial charge in [0, 0.05) is 17.5 Å². The Morgan fingerprint density at radius 3 is 3.00 bits per heavy atom. The fourth-order valence-corrected chi connectivity index (χ4v) is 1.58. The molecule has 4 nitrogen and oxygen atoms in total. The number of amides is 1. The van der Waals surface area contributed by atoms with Gasteiger partial charge in [0.2, 0.25) is 5.91 Å². The zero-order chi connectivity index (χ0) is 13.0. The molecule has 0 bridgehead atoms. The normalized spacial score (nSPS) is 13.0. The van der Waals surface area contributed by atoms with Crippen molar-refractivity contribution in [1.29, 1.82) is 0 Å². The lowest BCUT2D eigenvalue weighted by molar-refractivity contribution is -0.117. The standard InChI is InChI=1S/C14H15NO3/c1-10(9-16)15-14(17)7-6-12-8-11-4-2-3-5-13(11)18-12/h2-8,10,16H,9H2,1H3,(H,15,17)/b7-6+. The van der Waals surface area contributed by atoms with E-state index in [4.69, 9.17) is 9.52 Å². The third-order valence-corrected chi connectivity index (χ3v) is 2.51. The number of para-hydroxylation sites is 1. The van der Waals surface area contributed by atoms with Crippen LogP contribution < -0.4 is 5.32 Å². The summed E-state index contributed by atoms with van der Waals surface area (Å²) in [6.45, 7) is 1.65. The topological polar surface area (TPSA) is 62.5 Å². The van der Waals surface area contributed by atoms with Crippen molar-refractivity contribution < 1.29 is 14.3 Å². The van der Waals surface area contributed by atoms with E-state index in [1.165, 1.54) is 6.08 Å². The molecule has 0 aliphatic carbocycles. The van der Waals surface area contributed by atoms with Gasteiger partial charge >= 0.3 is 0 Å². The Balaban J connectivity index is 2.06. The van der Waals surface area contributed by atoms with Crippen LogP contribution in [-0.2, 0) is 4.79 Å². The Labute approximate surface area is 105 Å². The summed E-state index contributed by atoms with van der Waals surface area (Å²) < 4.78 is 5.53. The number of aliphatic hydroxyl groups is 1. The summed E-state index contributed by atoms with van der Waals surface area (Å²) in [5, 5.41) is 12.4. The van der Waals surface area contributed by atoms with Gasteiger partial charge in [-0.3, -0.25) is 4.79 Å². The molecule has 1 heterocycles. The highest BCUT2D eigenvalue weighted by Crippen LogP contribution is 2.19. The SMILES string of the molecule is CC(CO)NC(=O)/C=C/c1cc2ccccc2o1. The van der Waals surface area contributed by atoms with Gasteiger partial charge in [0.15, 0.2) is 0 Å². The van der Waals surface area contributed by atoms with Crippen molar-refractivity contribution in [2.75, 3.05) is 6.61 Å². The van der Waals surface area contributed by atoms with E-state index in [1.807, 2.05) is 30.3 Å². The summed E-state index contributed by atoms with van der Waals surface area (Å²) in [6, 6.07) is 9.27. The zero-order valence-electron chi connectivity index (χ0n) is 10.1. The third kappa shape index (κ3) is 2.99.